The van der Waals surface area contributed by atoms with Crippen LogP contribution in [0, 0.1) is 0 Å². The molecular formula is C13H28O2. The first-order valence-corrected chi connectivity index (χ1v) is 6.54. The first kappa shape index (κ1) is 14.9. The maximum Gasteiger partial charge on any atom is 0.154 e. The van der Waals surface area contributed by atoms with Gasteiger partial charge in [0.15, 0.2) is 6.29 Å². The van der Waals surface area contributed by atoms with Gasteiger partial charge in [0.2, 0.25) is 0 Å². The van der Waals surface area contributed by atoms with Crippen molar-refractivity contribution >= 4 is 0 Å². The van der Waals surface area contributed by atoms with Crippen LogP contribution in [-0.2, 0) is 9.47 Å². The Balaban J connectivity index is 3.08. The lowest BCUT2D eigenvalue weighted by atomic mass is 10.2. The summed E-state index contributed by atoms with van der Waals surface area (Å²) in [6.45, 7) is 8.10. The molecule has 0 aliphatic rings. The van der Waals surface area contributed by atoms with Gasteiger partial charge in [0.1, 0.15) is 0 Å². The lowest BCUT2D eigenvalue weighted by Gasteiger charge is -2.13. The first-order valence-electron chi connectivity index (χ1n) is 6.54. The molecule has 0 N–H and O–H groups in total. The van der Waals surface area contributed by atoms with Crippen LogP contribution in [-0.4, -0.2) is 19.5 Å². The summed E-state index contributed by atoms with van der Waals surface area (Å²) in [6.07, 6.45) is 8.66. The number of ether oxygens (including phenoxy) is 2. The fourth-order valence-corrected chi connectivity index (χ4v) is 1.43. The Labute approximate surface area is 95.3 Å². The lowest BCUT2D eigenvalue weighted by molar-refractivity contribution is -0.131. The highest BCUT2D eigenvalue weighted by molar-refractivity contribution is 4.41. The molecule has 0 saturated carbocycles. The van der Waals surface area contributed by atoms with Crippen LogP contribution in [0.1, 0.15) is 65.7 Å². The highest BCUT2D eigenvalue weighted by atomic mass is 16.7. The Hall–Kier alpha value is -0.0800. The molecule has 0 rings (SSSR count). The molecule has 0 radical (unpaired) electrons. The van der Waals surface area contributed by atoms with E-state index in [1.807, 2.05) is 6.92 Å². The lowest BCUT2D eigenvalue weighted by Crippen LogP contribution is -2.14. The molecular weight excluding hydrogens is 188 g/mol. The minimum absolute atomic E-state index is 0.0246. The predicted molar refractivity (Wildman–Crippen MR) is 65.0 cm³/mol. The van der Waals surface area contributed by atoms with Gasteiger partial charge < -0.3 is 9.47 Å². The standard InChI is InChI=1S/C13H28O2/c1-4-6-8-10-12-15-13(3)14-11-9-7-5-2/h13H,4-12H2,1-3H3. The zero-order chi connectivity index (χ0) is 11.4. The summed E-state index contributed by atoms with van der Waals surface area (Å²) in [4.78, 5) is 0. The molecule has 15 heavy (non-hydrogen) atoms. The second-order valence-electron chi connectivity index (χ2n) is 4.08. The van der Waals surface area contributed by atoms with Gasteiger partial charge in [-0.2, -0.15) is 0 Å². The van der Waals surface area contributed by atoms with Crippen molar-refractivity contribution < 1.29 is 9.47 Å². The van der Waals surface area contributed by atoms with Crippen molar-refractivity contribution in [1.29, 1.82) is 0 Å². The van der Waals surface area contributed by atoms with E-state index in [2.05, 4.69) is 13.8 Å². The van der Waals surface area contributed by atoms with Crippen LogP contribution < -0.4 is 0 Å². The van der Waals surface area contributed by atoms with Crippen molar-refractivity contribution in [2.24, 2.45) is 0 Å². The maximum atomic E-state index is 5.55. The van der Waals surface area contributed by atoms with Crippen LogP contribution in [0.4, 0.5) is 0 Å². The molecule has 0 aliphatic heterocycles. The van der Waals surface area contributed by atoms with Gasteiger partial charge in [-0.3, -0.25) is 0 Å². The minimum Gasteiger partial charge on any atom is -0.353 e. The molecule has 2 heteroatoms. The average Bonchev–Trinajstić information content (AvgIpc) is 2.24. The van der Waals surface area contributed by atoms with Crippen LogP contribution in [0.15, 0.2) is 0 Å². The molecule has 92 valence electrons. The number of unbranched alkanes of at least 4 members (excludes halogenated alkanes) is 5. The topological polar surface area (TPSA) is 18.5 Å². The Morgan fingerprint density at radius 2 is 1.20 bits per heavy atom. The number of hydrogen-bond acceptors (Lipinski definition) is 2. The molecule has 0 fully saturated rings. The largest absolute Gasteiger partial charge is 0.353 e. The van der Waals surface area contributed by atoms with E-state index in [1.165, 1.54) is 32.1 Å². The Bertz CT molecular complexity index is 115. The van der Waals surface area contributed by atoms with E-state index in [0.717, 1.165) is 26.1 Å². The summed E-state index contributed by atoms with van der Waals surface area (Å²) in [5.41, 5.74) is 0. The van der Waals surface area contributed by atoms with Crippen molar-refractivity contribution in [2.45, 2.75) is 72.0 Å². The van der Waals surface area contributed by atoms with Gasteiger partial charge in [-0.25, -0.2) is 0 Å². The van der Waals surface area contributed by atoms with Crippen LogP contribution in [0.2, 0.25) is 0 Å². The third-order valence-electron chi connectivity index (χ3n) is 2.45. The van der Waals surface area contributed by atoms with E-state index in [-0.39, 0.29) is 6.29 Å². The zero-order valence-corrected chi connectivity index (χ0v) is 10.8. The highest BCUT2D eigenvalue weighted by Crippen LogP contribution is 2.03. The molecule has 0 spiro atoms. The second kappa shape index (κ2) is 12.0. The van der Waals surface area contributed by atoms with Gasteiger partial charge in [0.25, 0.3) is 0 Å². The van der Waals surface area contributed by atoms with Crippen molar-refractivity contribution in [2.75, 3.05) is 13.2 Å². The SMILES string of the molecule is CCCCCCOC(C)OCCCCC. The zero-order valence-electron chi connectivity index (χ0n) is 10.8. The van der Waals surface area contributed by atoms with Crippen molar-refractivity contribution in [3.63, 3.8) is 0 Å². The Morgan fingerprint density at radius 1 is 0.733 bits per heavy atom. The minimum atomic E-state index is -0.0246. The first-order chi connectivity index (χ1) is 7.31. The molecule has 0 aromatic rings. The molecule has 0 aromatic carbocycles. The summed E-state index contributed by atoms with van der Waals surface area (Å²) < 4.78 is 11.1. The summed E-state index contributed by atoms with van der Waals surface area (Å²) in [5, 5.41) is 0. The molecule has 1 atom stereocenters. The van der Waals surface area contributed by atoms with Crippen LogP contribution >= 0.6 is 0 Å². The third-order valence-corrected chi connectivity index (χ3v) is 2.45. The molecule has 0 heterocycles. The average molecular weight is 216 g/mol. The summed E-state index contributed by atoms with van der Waals surface area (Å²) >= 11 is 0. The number of rotatable bonds is 11. The smallest absolute Gasteiger partial charge is 0.154 e. The number of hydrogen-bond donors (Lipinski definition) is 0. The van der Waals surface area contributed by atoms with Crippen LogP contribution in [0.5, 0.6) is 0 Å². The van der Waals surface area contributed by atoms with Gasteiger partial charge in [0, 0.05) is 13.2 Å². The molecule has 0 bridgehead atoms. The quantitative estimate of drug-likeness (QED) is 0.382. The predicted octanol–water partition coefficient (Wildman–Crippen LogP) is 4.14. The highest BCUT2D eigenvalue weighted by Gasteiger charge is 2.00. The summed E-state index contributed by atoms with van der Waals surface area (Å²) in [7, 11) is 0. The molecule has 0 aromatic heterocycles. The normalized spacial score (nSPS) is 13.0. The van der Waals surface area contributed by atoms with Gasteiger partial charge in [-0.15, -0.1) is 0 Å². The third kappa shape index (κ3) is 11.8. The van der Waals surface area contributed by atoms with E-state index in [4.69, 9.17) is 9.47 Å². The van der Waals surface area contributed by atoms with Gasteiger partial charge in [-0.05, 0) is 19.8 Å². The summed E-state index contributed by atoms with van der Waals surface area (Å²) in [5.74, 6) is 0. The van der Waals surface area contributed by atoms with Crippen molar-refractivity contribution in [3.8, 4) is 0 Å². The van der Waals surface area contributed by atoms with E-state index >= 15 is 0 Å². The van der Waals surface area contributed by atoms with Gasteiger partial charge in [0.05, 0.1) is 0 Å². The van der Waals surface area contributed by atoms with Crippen LogP contribution in [0.25, 0.3) is 0 Å². The molecule has 2 nitrogen and oxygen atoms in total. The second-order valence-corrected chi connectivity index (χ2v) is 4.08. The van der Waals surface area contributed by atoms with E-state index < -0.39 is 0 Å². The Morgan fingerprint density at radius 3 is 1.73 bits per heavy atom. The Kier molecular flexibility index (Phi) is 11.9. The van der Waals surface area contributed by atoms with Gasteiger partial charge in [-0.1, -0.05) is 46.0 Å². The molecule has 1 unspecified atom stereocenters. The van der Waals surface area contributed by atoms with Crippen molar-refractivity contribution in [1.82, 2.24) is 0 Å². The van der Waals surface area contributed by atoms with Gasteiger partial charge >= 0.3 is 0 Å². The fraction of sp³-hybridized carbons (Fsp3) is 1.00. The van der Waals surface area contributed by atoms with E-state index in [9.17, 15) is 0 Å². The fourth-order valence-electron chi connectivity index (χ4n) is 1.43. The molecule has 0 saturated heterocycles. The maximum absolute atomic E-state index is 5.55. The van der Waals surface area contributed by atoms with E-state index in [1.54, 1.807) is 0 Å². The summed E-state index contributed by atoms with van der Waals surface area (Å²) in [6, 6.07) is 0. The monoisotopic (exact) mass is 216 g/mol. The van der Waals surface area contributed by atoms with E-state index in [0.29, 0.717) is 0 Å². The molecule has 0 aliphatic carbocycles. The van der Waals surface area contributed by atoms with Crippen LogP contribution in [0.3, 0.4) is 0 Å². The molecule has 0 amide bonds. The van der Waals surface area contributed by atoms with Crippen molar-refractivity contribution in [3.05, 3.63) is 0 Å².